The van der Waals surface area contributed by atoms with Crippen LogP contribution in [0.4, 0.5) is 0 Å². The first-order valence-corrected chi connectivity index (χ1v) is 11.1. The summed E-state index contributed by atoms with van der Waals surface area (Å²) in [5.41, 5.74) is 0.414. The first kappa shape index (κ1) is 18.6. The van der Waals surface area contributed by atoms with Gasteiger partial charge in [0.1, 0.15) is 13.1 Å². The highest BCUT2D eigenvalue weighted by atomic mass is 31.2. The largest absolute Gasteiger partial charge is 0.409 e. The molecule has 0 N–H and O–H groups in total. The van der Waals surface area contributed by atoms with Gasteiger partial charge in [-0.2, -0.15) is 9.34 Å². The molecule has 0 saturated carbocycles. The molecule has 2 saturated heterocycles. The standard InChI is InChI=1S/C18H31BN2O2P/c1-22-14-16-8-6-12-20(16)24(19,18-10-4-3-5-11-18)21-13-7-9-17(21)15-23-2/h3-5,10,16-18H,6-9,11-15H2,1-2H3/q+1/t16-,17-,18?/m0/s1. The Bertz CT molecular complexity index is 450. The zero-order valence-electron chi connectivity index (χ0n) is 15.1. The Balaban J connectivity index is 1.91. The van der Waals surface area contributed by atoms with Crippen molar-refractivity contribution in [1.82, 2.24) is 9.34 Å². The topological polar surface area (TPSA) is 24.9 Å². The zero-order valence-corrected chi connectivity index (χ0v) is 16.0. The Morgan fingerprint density at radius 2 is 1.58 bits per heavy atom. The summed E-state index contributed by atoms with van der Waals surface area (Å²) in [7, 11) is 9.06. The quantitative estimate of drug-likeness (QED) is 0.521. The molecular weight excluding hydrogens is 318 g/mol. The maximum Gasteiger partial charge on any atom is 0.409 e. The first-order valence-electron chi connectivity index (χ1n) is 9.24. The first-order chi connectivity index (χ1) is 11.7. The van der Waals surface area contributed by atoms with E-state index in [9.17, 15) is 0 Å². The molecule has 24 heavy (non-hydrogen) atoms. The molecule has 0 aromatic heterocycles. The van der Waals surface area contributed by atoms with Crippen LogP contribution in [0.3, 0.4) is 0 Å². The molecule has 2 radical (unpaired) electrons. The number of rotatable bonds is 7. The van der Waals surface area contributed by atoms with Gasteiger partial charge in [0.25, 0.3) is 0 Å². The molecule has 3 atom stereocenters. The molecule has 2 heterocycles. The van der Waals surface area contributed by atoms with Gasteiger partial charge in [-0.1, -0.05) is 18.2 Å². The van der Waals surface area contributed by atoms with E-state index in [0.29, 0.717) is 17.7 Å². The van der Waals surface area contributed by atoms with Gasteiger partial charge < -0.3 is 9.47 Å². The van der Waals surface area contributed by atoms with Crippen LogP contribution in [0.15, 0.2) is 24.3 Å². The van der Waals surface area contributed by atoms with E-state index in [4.69, 9.17) is 17.0 Å². The summed E-state index contributed by atoms with van der Waals surface area (Å²) >= 11 is 0. The SMILES string of the molecule is [B][P+](C1C=CC=CC1)(N1CCC[C@H]1COC)N1CCC[C@H]1COC. The Morgan fingerprint density at radius 3 is 2.04 bits per heavy atom. The predicted octanol–water partition coefficient (Wildman–Crippen LogP) is 3.02. The van der Waals surface area contributed by atoms with E-state index in [1.807, 2.05) is 0 Å². The van der Waals surface area contributed by atoms with Gasteiger partial charge in [-0.3, -0.25) is 0 Å². The summed E-state index contributed by atoms with van der Waals surface area (Å²) in [6.07, 6.45) is 14.8. The Labute approximate surface area is 149 Å². The van der Waals surface area contributed by atoms with Crippen molar-refractivity contribution in [1.29, 1.82) is 0 Å². The Morgan fingerprint density at radius 1 is 1.00 bits per heavy atom. The molecule has 0 aromatic carbocycles. The normalized spacial score (nSPS) is 32.0. The van der Waals surface area contributed by atoms with Crippen LogP contribution in [-0.4, -0.2) is 75.2 Å². The van der Waals surface area contributed by atoms with Crippen molar-refractivity contribution < 1.29 is 9.47 Å². The van der Waals surface area contributed by atoms with Gasteiger partial charge in [0.05, 0.1) is 25.3 Å². The minimum Gasteiger partial charge on any atom is -0.383 e. The molecule has 3 aliphatic rings. The molecule has 4 nitrogen and oxygen atoms in total. The van der Waals surface area contributed by atoms with Gasteiger partial charge in [0, 0.05) is 33.7 Å². The smallest absolute Gasteiger partial charge is 0.383 e. The fourth-order valence-corrected chi connectivity index (χ4v) is 8.76. The molecule has 2 fully saturated rings. The van der Waals surface area contributed by atoms with E-state index in [-0.39, 0.29) is 0 Å². The monoisotopic (exact) mass is 349 g/mol. The van der Waals surface area contributed by atoms with Crippen molar-refractivity contribution in [3.63, 3.8) is 0 Å². The van der Waals surface area contributed by atoms with Gasteiger partial charge in [0.15, 0.2) is 0 Å². The van der Waals surface area contributed by atoms with Crippen molar-refractivity contribution in [2.24, 2.45) is 0 Å². The maximum atomic E-state index is 7.39. The average molecular weight is 349 g/mol. The molecular formula is C18H31BN2O2P+. The summed E-state index contributed by atoms with van der Waals surface area (Å²) < 4.78 is 16.3. The number of allylic oxidation sites excluding steroid dienone is 4. The van der Waals surface area contributed by atoms with E-state index in [2.05, 4.69) is 33.6 Å². The number of ether oxygens (including phenoxy) is 2. The zero-order chi connectivity index (χ0) is 17.0. The molecule has 0 aromatic rings. The van der Waals surface area contributed by atoms with Crippen LogP contribution in [0.1, 0.15) is 32.1 Å². The van der Waals surface area contributed by atoms with Gasteiger partial charge in [-0.25, -0.2) is 0 Å². The summed E-state index contributed by atoms with van der Waals surface area (Å²) in [6.45, 7) is 3.77. The van der Waals surface area contributed by atoms with E-state index in [1.165, 1.54) is 25.7 Å². The highest BCUT2D eigenvalue weighted by molar-refractivity contribution is 7.94. The number of methoxy groups -OCH3 is 2. The van der Waals surface area contributed by atoms with Gasteiger partial charge in [0.2, 0.25) is 0 Å². The number of nitrogens with zero attached hydrogens (tertiary/aromatic N) is 2. The van der Waals surface area contributed by atoms with Crippen LogP contribution in [0.5, 0.6) is 0 Å². The third-order valence-corrected chi connectivity index (χ3v) is 9.74. The van der Waals surface area contributed by atoms with Crippen molar-refractivity contribution in [3.05, 3.63) is 24.3 Å². The van der Waals surface area contributed by atoms with Crippen LogP contribution in [0.2, 0.25) is 0 Å². The van der Waals surface area contributed by atoms with Gasteiger partial charge >= 0.3 is 7.57 Å². The Kier molecular flexibility index (Phi) is 6.56. The predicted molar refractivity (Wildman–Crippen MR) is 103 cm³/mol. The van der Waals surface area contributed by atoms with E-state index < -0.39 is 7.44 Å². The molecule has 2 aliphatic heterocycles. The van der Waals surface area contributed by atoms with Crippen LogP contribution >= 0.6 is 7.44 Å². The summed E-state index contributed by atoms with van der Waals surface area (Å²) in [5.74, 6) is 0. The maximum absolute atomic E-state index is 7.39. The lowest BCUT2D eigenvalue weighted by atomic mass is 10.2. The van der Waals surface area contributed by atoms with Crippen molar-refractivity contribution in [2.75, 3.05) is 40.5 Å². The second-order valence-electron chi connectivity index (χ2n) is 7.15. The lowest BCUT2D eigenvalue weighted by Crippen LogP contribution is -2.47. The van der Waals surface area contributed by atoms with Crippen molar-refractivity contribution in [3.8, 4) is 0 Å². The number of hydrogen-bond donors (Lipinski definition) is 0. The van der Waals surface area contributed by atoms with Gasteiger partial charge in [-0.15, -0.1) is 0 Å². The second-order valence-corrected chi connectivity index (χ2v) is 10.2. The summed E-state index contributed by atoms with van der Waals surface area (Å²) in [5, 5.41) is 0. The van der Waals surface area contributed by atoms with Crippen molar-refractivity contribution in [2.45, 2.75) is 49.8 Å². The summed E-state index contributed by atoms with van der Waals surface area (Å²) in [6, 6.07) is 0.910. The third-order valence-electron chi connectivity index (χ3n) is 5.68. The second kappa shape index (κ2) is 8.46. The molecule has 1 aliphatic carbocycles. The van der Waals surface area contributed by atoms with Crippen LogP contribution in [0.25, 0.3) is 0 Å². The van der Waals surface area contributed by atoms with Crippen LogP contribution in [0, 0.1) is 0 Å². The summed E-state index contributed by atoms with van der Waals surface area (Å²) in [4.78, 5) is 0. The molecule has 6 heteroatoms. The third kappa shape index (κ3) is 3.52. The van der Waals surface area contributed by atoms with E-state index in [1.54, 1.807) is 14.2 Å². The highest BCUT2D eigenvalue weighted by Gasteiger charge is 2.57. The fourth-order valence-electron chi connectivity index (χ4n) is 4.59. The minimum absolute atomic E-state index is 0.414. The fraction of sp³-hybridized carbons (Fsp3) is 0.778. The lowest BCUT2D eigenvalue weighted by Gasteiger charge is -2.46. The highest BCUT2D eigenvalue weighted by Crippen LogP contribution is 2.70. The van der Waals surface area contributed by atoms with Crippen LogP contribution in [-0.2, 0) is 9.47 Å². The minimum atomic E-state index is -1.94. The molecule has 0 amide bonds. The van der Waals surface area contributed by atoms with E-state index >= 15 is 0 Å². The van der Waals surface area contributed by atoms with E-state index in [0.717, 1.165) is 32.7 Å². The lowest BCUT2D eigenvalue weighted by molar-refractivity contribution is 0.135. The average Bonchev–Trinajstić information content (AvgIpc) is 3.26. The Hall–Kier alpha value is -0.185. The van der Waals surface area contributed by atoms with Gasteiger partial charge in [-0.05, 0) is 31.8 Å². The molecule has 3 rings (SSSR count). The molecule has 0 spiro atoms. The van der Waals surface area contributed by atoms with Crippen molar-refractivity contribution >= 4 is 15.0 Å². The molecule has 0 bridgehead atoms. The number of hydrogen-bond acceptors (Lipinski definition) is 4. The van der Waals surface area contributed by atoms with Crippen LogP contribution < -0.4 is 0 Å². The molecule has 132 valence electrons. The molecule has 1 unspecified atom stereocenters.